The zero-order valence-electron chi connectivity index (χ0n) is 11.0. The Balaban J connectivity index is 2.12. The van der Waals surface area contributed by atoms with Gasteiger partial charge in [0.25, 0.3) is 0 Å². The van der Waals surface area contributed by atoms with Crippen LogP contribution in [0.2, 0.25) is 0 Å². The van der Waals surface area contributed by atoms with E-state index in [-0.39, 0.29) is 5.91 Å². The van der Waals surface area contributed by atoms with Crippen LogP contribution >= 0.6 is 0 Å². The Bertz CT molecular complexity index is 278. The van der Waals surface area contributed by atoms with Crippen LogP contribution in [0.15, 0.2) is 24.3 Å². The summed E-state index contributed by atoms with van der Waals surface area (Å²) < 4.78 is 0. The van der Waals surface area contributed by atoms with E-state index >= 15 is 0 Å². The maximum Gasteiger partial charge on any atom is 0.244 e. The number of rotatable bonds is 6. The monoisotopic (exact) mass is 236 g/mol. The van der Waals surface area contributed by atoms with Crippen molar-refractivity contribution < 1.29 is 4.79 Å². The van der Waals surface area contributed by atoms with Gasteiger partial charge in [-0.3, -0.25) is 4.79 Å². The van der Waals surface area contributed by atoms with Gasteiger partial charge in [0.1, 0.15) is 0 Å². The first-order valence-electron chi connectivity index (χ1n) is 6.51. The van der Waals surface area contributed by atoms with Crippen molar-refractivity contribution in [1.82, 2.24) is 10.2 Å². The molecule has 0 aromatic heterocycles. The molecule has 3 nitrogen and oxygen atoms in total. The number of nitrogens with zero attached hydrogens (tertiary/aromatic N) is 1. The molecular formula is C14H24N2O. The lowest BCUT2D eigenvalue weighted by atomic mass is 10.2. The van der Waals surface area contributed by atoms with Crippen molar-refractivity contribution in [2.75, 3.05) is 20.1 Å². The molecule has 1 N–H and O–H groups in total. The van der Waals surface area contributed by atoms with Gasteiger partial charge < -0.3 is 10.2 Å². The Kier molecular flexibility index (Phi) is 6.63. The fourth-order valence-electron chi connectivity index (χ4n) is 2.20. The minimum absolute atomic E-state index is 0.0112. The molecule has 1 saturated carbocycles. The summed E-state index contributed by atoms with van der Waals surface area (Å²) in [6.45, 7) is 3.60. The van der Waals surface area contributed by atoms with Gasteiger partial charge in [-0.1, -0.05) is 31.1 Å². The minimum Gasteiger partial charge on any atom is -0.351 e. The van der Waals surface area contributed by atoms with Crippen LogP contribution < -0.4 is 5.32 Å². The predicted octanol–water partition coefficient (Wildman–Crippen LogP) is 2.11. The molecule has 0 atom stereocenters. The lowest BCUT2D eigenvalue weighted by Gasteiger charge is -2.23. The maximum absolute atomic E-state index is 11.4. The summed E-state index contributed by atoms with van der Waals surface area (Å²) in [5.74, 6) is -0.0112. The number of hydrogen-bond acceptors (Lipinski definition) is 2. The molecular weight excluding hydrogens is 212 g/mol. The van der Waals surface area contributed by atoms with E-state index in [1.807, 2.05) is 19.1 Å². The van der Waals surface area contributed by atoms with E-state index in [1.54, 1.807) is 12.2 Å². The predicted molar refractivity (Wildman–Crippen MR) is 71.8 cm³/mol. The Morgan fingerprint density at radius 1 is 1.35 bits per heavy atom. The maximum atomic E-state index is 11.4. The molecule has 0 saturated heterocycles. The van der Waals surface area contributed by atoms with Gasteiger partial charge in [0.05, 0.1) is 0 Å². The van der Waals surface area contributed by atoms with E-state index in [4.69, 9.17) is 0 Å². The summed E-state index contributed by atoms with van der Waals surface area (Å²) >= 11 is 0. The molecule has 0 aliphatic heterocycles. The summed E-state index contributed by atoms with van der Waals surface area (Å²) in [7, 11) is 2.15. The van der Waals surface area contributed by atoms with E-state index in [1.165, 1.54) is 25.7 Å². The van der Waals surface area contributed by atoms with Crippen LogP contribution in [0.4, 0.5) is 0 Å². The van der Waals surface area contributed by atoms with Gasteiger partial charge in [0, 0.05) is 25.2 Å². The van der Waals surface area contributed by atoms with E-state index in [2.05, 4.69) is 17.3 Å². The van der Waals surface area contributed by atoms with E-state index in [0.29, 0.717) is 0 Å². The fourth-order valence-corrected chi connectivity index (χ4v) is 2.20. The van der Waals surface area contributed by atoms with Gasteiger partial charge in [0.15, 0.2) is 0 Å². The summed E-state index contributed by atoms with van der Waals surface area (Å²) in [6, 6.07) is 0.727. The van der Waals surface area contributed by atoms with Crippen molar-refractivity contribution >= 4 is 5.91 Å². The van der Waals surface area contributed by atoms with Crippen molar-refractivity contribution in [3.8, 4) is 0 Å². The molecule has 0 bridgehead atoms. The molecule has 0 unspecified atom stereocenters. The highest BCUT2D eigenvalue weighted by Gasteiger charge is 2.18. The molecule has 1 rings (SSSR count). The SMILES string of the molecule is C/C=C/C=C/C(=O)NCCN(C)C1CCCC1. The van der Waals surface area contributed by atoms with Gasteiger partial charge in [-0.25, -0.2) is 0 Å². The van der Waals surface area contributed by atoms with Crippen LogP contribution in [0, 0.1) is 0 Å². The average molecular weight is 236 g/mol. The van der Waals surface area contributed by atoms with Crippen molar-refractivity contribution in [2.45, 2.75) is 38.6 Å². The number of carbonyl (C=O) groups is 1. The zero-order valence-corrected chi connectivity index (χ0v) is 11.0. The Labute approximate surface area is 105 Å². The molecule has 96 valence electrons. The number of allylic oxidation sites excluding steroid dienone is 3. The molecule has 1 amide bonds. The van der Waals surface area contributed by atoms with Gasteiger partial charge >= 0.3 is 0 Å². The number of hydrogen-bond donors (Lipinski definition) is 1. The number of nitrogens with one attached hydrogen (secondary N) is 1. The molecule has 0 heterocycles. The highest BCUT2D eigenvalue weighted by atomic mass is 16.1. The van der Waals surface area contributed by atoms with E-state index in [0.717, 1.165) is 19.1 Å². The number of likely N-dealkylation sites (N-methyl/N-ethyl adjacent to an activating group) is 1. The Morgan fingerprint density at radius 2 is 2.06 bits per heavy atom. The highest BCUT2D eigenvalue weighted by Crippen LogP contribution is 2.21. The normalized spacial score (nSPS) is 17.6. The van der Waals surface area contributed by atoms with Crippen LogP contribution in [0.1, 0.15) is 32.6 Å². The molecule has 0 spiro atoms. The molecule has 1 aliphatic carbocycles. The van der Waals surface area contributed by atoms with Gasteiger partial charge in [-0.05, 0) is 26.8 Å². The first-order chi connectivity index (χ1) is 8.24. The van der Waals surface area contributed by atoms with E-state index < -0.39 is 0 Å². The molecule has 1 fully saturated rings. The van der Waals surface area contributed by atoms with Gasteiger partial charge in [-0.2, -0.15) is 0 Å². The molecule has 1 aliphatic rings. The van der Waals surface area contributed by atoms with Gasteiger partial charge in [-0.15, -0.1) is 0 Å². The van der Waals surface area contributed by atoms with Crippen LogP contribution in [-0.4, -0.2) is 37.0 Å². The molecule has 0 radical (unpaired) electrons. The summed E-state index contributed by atoms with van der Waals surface area (Å²) in [6.07, 6.45) is 12.4. The smallest absolute Gasteiger partial charge is 0.244 e. The van der Waals surface area contributed by atoms with E-state index in [9.17, 15) is 4.79 Å². The second-order valence-electron chi connectivity index (χ2n) is 4.59. The third kappa shape index (κ3) is 5.68. The number of carbonyl (C=O) groups excluding carboxylic acids is 1. The molecule has 3 heteroatoms. The van der Waals surface area contributed by atoms with Crippen molar-refractivity contribution in [3.05, 3.63) is 24.3 Å². The molecule has 0 aromatic carbocycles. The summed E-state index contributed by atoms with van der Waals surface area (Å²) in [5, 5.41) is 2.89. The van der Waals surface area contributed by atoms with Crippen molar-refractivity contribution in [2.24, 2.45) is 0 Å². The standard InChI is InChI=1S/C14H24N2O/c1-3-4-5-10-14(17)15-11-12-16(2)13-8-6-7-9-13/h3-5,10,13H,6-9,11-12H2,1-2H3,(H,15,17)/b4-3+,10-5+. The van der Waals surface area contributed by atoms with Crippen LogP contribution in [-0.2, 0) is 4.79 Å². The lowest BCUT2D eigenvalue weighted by Crippen LogP contribution is -2.36. The average Bonchev–Trinajstić information content (AvgIpc) is 2.82. The van der Waals surface area contributed by atoms with Crippen LogP contribution in [0.25, 0.3) is 0 Å². The largest absolute Gasteiger partial charge is 0.351 e. The fraction of sp³-hybridized carbons (Fsp3) is 0.643. The zero-order chi connectivity index (χ0) is 12.5. The molecule has 0 aromatic rings. The molecule has 17 heavy (non-hydrogen) atoms. The Morgan fingerprint density at radius 3 is 2.71 bits per heavy atom. The van der Waals surface area contributed by atoms with Crippen molar-refractivity contribution in [1.29, 1.82) is 0 Å². The second kappa shape index (κ2) is 8.07. The first kappa shape index (κ1) is 14.0. The lowest BCUT2D eigenvalue weighted by molar-refractivity contribution is -0.116. The van der Waals surface area contributed by atoms with Crippen LogP contribution in [0.5, 0.6) is 0 Å². The second-order valence-corrected chi connectivity index (χ2v) is 4.59. The number of amides is 1. The van der Waals surface area contributed by atoms with Crippen molar-refractivity contribution in [3.63, 3.8) is 0 Å². The van der Waals surface area contributed by atoms with Crippen LogP contribution in [0.3, 0.4) is 0 Å². The van der Waals surface area contributed by atoms with Gasteiger partial charge in [0.2, 0.25) is 5.91 Å². The quantitative estimate of drug-likeness (QED) is 0.566. The Hall–Kier alpha value is -1.09. The summed E-state index contributed by atoms with van der Waals surface area (Å²) in [5.41, 5.74) is 0. The minimum atomic E-state index is -0.0112. The topological polar surface area (TPSA) is 32.3 Å². The first-order valence-corrected chi connectivity index (χ1v) is 6.51. The third-order valence-corrected chi connectivity index (χ3v) is 3.26. The highest BCUT2D eigenvalue weighted by molar-refractivity contribution is 5.87. The summed E-state index contributed by atoms with van der Waals surface area (Å²) in [4.78, 5) is 13.7. The third-order valence-electron chi connectivity index (χ3n) is 3.26.